The molecule has 6 nitrogen and oxygen atoms in total. The lowest BCUT2D eigenvalue weighted by atomic mass is 9.94. The molecule has 2 aliphatic rings. The Hall–Kier alpha value is -1.79. The van der Waals surface area contributed by atoms with Crippen molar-refractivity contribution in [2.75, 3.05) is 64.5 Å². The maximum absolute atomic E-state index is 5.85. The van der Waals surface area contributed by atoms with E-state index < -0.39 is 0 Å². The van der Waals surface area contributed by atoms with Crippen molar-refractivity contribution < 1.29 is 9.47 Å². The van der Waals surface area contributed by atoms with Crippen molar-refractivity contribution in [3.63, 3.8) is 0 Å². The van der Waals surface area contributed by atoms with E-state index in [4.69, 9.17) is 14.5 Å². The van der Waals surface area contributed by atoms with Crippen LogP contribution >= 0.6 is 0 Å². The van der Waals surface area contributed by atoms with Crippen LogP contribution in [0.3, 0.4) is 0 Å². The van der Waals surface area contributed by atoms with E-state index >= 15 is 0 Å². The highest BCUT2D eigenvalue weighted by Gasteiger charge is 2.33. The lowest BCUT2D eigenvalue weighted by molar-refractivity contribution is -0.0829. The van der Waals surface area contributed by atoms with Crippen molar-refractivity contribution in [3.8, 4) is 0 Å². The summed E-state index contributed by atoms with van der Waals surface area (Å²) >= 11 is 0. The number of guanidine groups is 1. The number of methoxy groups -OCH3 is 1. The van der Waals surface area contributed by atoms with E-state index in [0.717, 1.165) is 64.7 Å². The van der Waals surface area contributed by atoms with Gasteiger partial charge in [0.05, 0.1) is 12.1 Å². The minimum Gasteiger partial charge on any atom is -0.381 e. The maximum Gasteiger partial charge on any atom is 0.194 e. The summed E-state index contributed by atoms with van der Waals surface area (Å²) in [7, 11) is 1.80. The van der Waals surface area contributed by atoms with Gasteiger partial charge in [-0.3, -0.25) is 4.99 Å². The number of hydrogen-bond acceptors (Lipinski definition) is 4. The van der Waals surface area contributed by atoms with Crippen LogP contribution in [0.2, 0.25) is 0 Å². The molecule has 0 spiro atoms. The Morgan fingerprint density at radius 2 is 1.89 bits per heavy atom. The lowest BCUT2D eigenvalue weighted by Crippen LogP contribution is -2.53. The molecular formula is C22H36N4O2. The standard InChI is InChI=1S/C22H36N4O2/c1-5-23-21(24-17-22(27-4)9-15-28-16-10-22)26-13-11-25(12-14-26)20-8-6-7-18(2)19(20)3/h6-8H,5,9-17H2,1-4H3,(H,23,24). The molecule has 2 fully saturated rings. The minimum absolute atomic E-state index is 0.181. The molecule has 0 atom stereocenters. The quantitative estimate of drug-likeness (QED) is 0.621. The number of piperazine rings is 1. The summed E-state index contributed by atoms with van der Waals surface area (Å²) in [5.74, 6) is 1.01. The summed E-state index contributed by atoms with van der Waals surface area (Å²) in [6.07, 6.45) is 1.82. The van der Waals surface area contributed by atoms with E-state index in [1.807, 2.05) is 0 Å². The van der Waals surface area contributed by atoms with E-state index in [2.05, 4.69) is 54.1 Å². The van der Waals surface area contributed by atoms with Crippen LogP contribution in [0.4, 0.5) is 5.69 Å². The molecule has 0 unspecified atom stereocenters. The maximum atomic E-state index is 5.85. The van der Waals surface area contributed by atoms with Gasteiger partial charge in [-0.05, 0) is 38.0 Å². The van der Waals surface area contributed by atoms with Crippen LogP contribution in [0.1, 0.15) is 30.9 Å². The Labute approximate surface area is 169 Å². The second kappa shape index (κ2) is 9.61. The van der Waals surface area contributed by atoms with Crippen LogP contribution in [0.15, 0.2) is 23.2 Å². The average molecular weight is 389 g/mol. The number of rotatable bonds is 5. The SMILES string of the molecule is CCNC(=NCC1(OC)CCOCC1)N1CCN(c2cccc(C)c2C)CC1. The van der Waals surface area contributed by atoms with Gasteiger partial charge in [0.1, 0.15) is 0 Å². The van der Waals surface area contributed by atoms with Gasteiger partial charge < -0.3 is 24.6 Å². The number of hydrogen-bond donors (Lipinski definition) is 1. The third kappa shape index (κ3) is 4.78. The van der Waals surface area contributed by atoms with Crippen LogP contribution in [-0.4, -0.2) is 76.1 Å². The van der Waals surface area contributed by atoms with E-state index in [9.17, 15) is 0 Å². The fourth-order valence-electron chi connectivity index (χ4n) is 4.05. The summed E-state index contributed by atoms with van der Waals surface area (Å²) in [4.78, 5) is 9.85. The van der Waals surface area contributed by atoms with Gasteiger partial charge in [0, 0.05) is 71.6 Å². The number of aliphatic imine (C=N–C) groups is 1. The highest BCUT2D eigenvalue weighted by Crippen LogP contribution is 2.26. The molecule has 1 aromatic carbocycles. The smallest absolute Gasteiger partial charge is 0.194 e. The Bertz CT molecular complexity index is 663. The molecule has 0 radical (unpaired) electrons. The van der Waals surface area contributed by atoms with Gasteiger partial charge in [0.2, 0.25) is 0 Å². The lowest BCUT2D eigenvalue weighted by Gasteiger charge is -2.39. The first-order chi connectivity index (χ1) is 13.6. The van der Waals surface area contributed by atoms with Crippen molar-refractivity contribution in [2.45, 2.75) is 39.2 Å². The van der Waals surface area contributed by atoms with Crippen LogP contribution in [0, 0.1) is 13.8 Å². The number of ether oxygens (including phenoxy) is 2. The van der Waals surface area contributed by atoms with Crippen molar-refractivity contribution >= 4 is 11.6 Å². The Morgan fingerprint density at radius 3 is 2.54 bits per heavy atom. The molecule has 1 aromatic rings. The van der Waals surface area contributed by atoms with Gasteiger partial charge >= 0.3 is 0 Å². The van der Waals surface area contributed by atoms with Crippen molar-refractivity contribution in [3.05, 3.63) is 29.3 Å². The molecule has 2 saturated heterocycles. The number of aryl methyl sites for hydroxylation is 1. The van der Waals surface area contributed by atoms with E-state index in [1.165, 1.54) is 16.8 Å². The van der Waals surface area contributed by atoms with Crippen LogP contribution in [0.5, 0.6) is 0 Å². The predicted molar refractivity (Wildman–Crippen MR) is 115 cm³/mol. The predicted octanol–water partition coefficient (Wildman–Crippen LogP) is 2.59. The second-order valence-corrected chi connectivity index (χ2v) is 7.86. The topological polar surface area (TPSA) is 49.3 Å². The first kappa shape index (κ1) is 20.9. The molecule has 2 aliphatic heterocycles. The molecule has 28 heavy (non-hydrogen) atoms. The van der Waals surface area contributed by atoms with E-state index in [0.29, 0.717) is 6.54 Å². The molecular weight excluding hydrogens is 352 g/mol. The summed E-state index contributed by atoms with van der Waals surface area (Å²) in [5, 5.41) is 3.48. The summed E-state index contributed by atoms with van der Waals surface area (Å²) in [6, 6.07) is 6.59. The van der Waals surface area contributed by atoms with Gasteiger partial charge in [-0.2, -0.15) is 0 Å². The van der Waals surface area contributed by atoms with Crippen LogP contribution < -0.4 is 10.2 Å². The Balaban J connectivity index is 1.64. The van der Waals surface area contributed by atoms with Gasteiger partial charge in [-0.1, -0.05) is 12.1 Å². The third-order valence-electron chi connectivity index (χ3n) is 6.18. The zero-order valence-corrected chi connectivity index (χ0v) is 18.0. The van der Waals surface area contributed by atoms with Crippen molar-refractivity contribution in [2.24, 2.45) is 4.99 Å². The summed E-state index contributed by atoms with van der Waals surface area (Å²) in [6.45, 7) is 13.6. The molecule has 0 amide bonds. The number of nitrogens with one attached hydrogen (secondary N) is 1. The zero-order valence-electron chi connectivity index (χ0n) is 18.0. The molecule has 6 heteroatoms. The van der Waals surface area contributed by atoms with Gasteiger partial charge in [-0.25, -0.2) is 0 Å². The first-order valence-electron chi connectivity index (χ1n) is 10.6. The number of benzene rings is 1. The zero-order chi connectivity index (χ0) is 20.0. The molecule has 0 saturated carbocycles. The number of nitrogens with zero attached hydrogens (tertiary/aromatic N) is 3. The summed E-state index contributed by atoms with van der Waals surface area (Å²) < 4.78 is 11.4. The highest BCUT2D eigenvalue weighted by molar-refractivity contribution is 5.80. The second-order valence-electron chi connectivity index (χ2n) is 7.86. The monoisotopic (exact) mass is 388 g/mol. The molecule has 1 N–H and O–H groups in total. The molecule has 0 bridgehead atoms. The fraction of sp³-hybridized carbons (Fsp3) is 0.682. The van der Waals surface area contributed by atoms with E-state index in [-0.39, 0.29) is 5.60 Å². The normalized spacial score (nSPS) is 20.4. The number of anilines is 1. The summed E-state index contributed by atoms with van der Waals surface area (Å²) in [5.41, 5.74) is 3.93. The average Bonchev–Trinajstić information content (AvgIpc) is 2.74. The minimum atomic E-state index is -0.181. The molecule has 0 aromatic heterocycles. The van der Waals surface area contributed by atoms with Crippen molar-refractivity contribution in [1.82, 2.24) is 10.2 Å². The van der Waals surface area contributed by atoms with E-state index in [1.54, 1.807) is 7.11 Å². The first-order valence-corrected chi connectivity index (χ1v) is 10.6. The molecule has 0 aliphatic carbocycles. The van der Waals surface area contributed by atoms with Gasteiger partial charge in [0.15, 0.2) is 5.96 Å². The molecule has 2 heterocycles. The molecule has 3 rings (SSSR count). The van der Waals surface area contributed by atoms with Gasteiger partial charge in [-0.15, -0.1) is 0 Å². The van der Waals surface area contributed by atoms with Crippen LogP contribution in [-0.2, 0) is 9.47 Å². The third-order valence-corrected chi connectivity index (χ3v) is 6.18. The largest absolute Gasteiger partial charge is 0.381 e. The van der Waals surface area contributed by atoms with Gasteiger partial charge in [0.25, 0.3) is 0 Å². The highest BCUT2D eigenvalue weighted by atomic mass is 16.5. The molecule has 156 valence electrons. The fourth-order valence-corrected chi connectivity index (χ4v) is 4.05. The van der Waals surface area contributed by atoms with Crippen LogP contribution in [0.25, 0.3) is 0 Å². The Morgan fingerprint density at radius 1 is 1.18 bits per heavy atom. The van der Waals surface area contributed by atoms with Crippen molar-refractivity contribution in [1.29, 1.82) is 0 Å². The Kier molecular flexibility index (Phi) is 7.18.